The van der Waals surface area contributed by atoms with Crippen LogP contribution in [0.5, 0.6) is 5.75 Å². The number of rotatable bonds is 3. The first kappa shape index (κ1) is 16.8. The smallest absolute Gasteiger partial charge is 0.169 e. The lowest BCUT2D eigenvalue weighted by Gasteiger charge is -2.49. The number of hydrogen-bond acceptors (Lipinski definition) is 3. The van der Waals surface area contributed by atoms with Crippen molar-refractivity contribution in [3.05, 3.63) is 42.0 Å². The van der Waals surface area contributed by atoms with E-state index >= 15 is 0 Å². The number of benzene rings is 1. The van der Waals surface area contributed by atoms with E-state index in [0.29, 0.717) is 6.42 Å². The number of nitrogens with zero attached hydrogens (tertiary/aromatic N) is 1. The van der Waals surface area contributed by atoms with Gasteiger partial charge >= 0.3 is 0 Å². The van der Waals surface area contributed by atoms with Crippen LogP contribution in [0.2, 0.25) is 0 Å². The number of ketones is 1. The molecular weight excluding hydrogens is 298 g/mol. The number of nitriles is 1. The quantitative estimate of drug-likeness (QED) is 0.756. The zero-order valence-electron chi connectivity index (χ0n) is 14.6. The van der Waals surface area contributed by atoms with Gasteiger partial charge in [-0.3, -0.25) is 4.79 Å². The molecule has 0 aliphatic heterocycles. The van der Waals surface area contributed by atoms with Crippen LogP contribution in [0, 0.1) is 28.1 Å². The van der Waals surface area contributed by atoms with E-state index in [1.54, 1.807) is 7.11 Å². The summed E-state index contributed by atoms with van der Waals surface area (Å²) in [6.45, 7) is 5.95. The third kappa shape index (κ3) is 2.36. The molecule has 1 saturated carbocycles. The molecule has 1 aromatic carbocycles. The number of hydrogen-bond donors (Lipinski definition) is 0. The summed E-state index contributed by atoms with van der Waals surface area (Å²) in [5, 5.41) is 9.84. The van der Waals surface area contributed by atoms with E-state index in [1.807, 2.05) is 31.2 Å². The first-order valence-corrected chi connectivity index (χ1v) is 8.74. The summed E-state index contributed by atoms with van der Waals surface area (Å²) in [5.41, 5.74) is 0.938. The van der Waals surface area contributed by atoms with Gasteiger partial charge in [-0.05, 0) is 68.7 Å². The lowest BCUT2D eigenvalue weighted by molar-refractivity contribution is 0.0146. The van der Waals surface area contributed by atoms with Gasteiger partial charge in [0.1, 0.15) is 5.75 Å². The molecule has 0 amide bonds. The summed E-state index contributed by atoms with van der Waals surface area (Å²) < 4.78 is 5.33. The number of Topliss-reactive ketones (excluding diaryl/α,β-unsaturated/α-hetero) is 1. The molecule has 24 heavy (non-hydrogen) atoms. The molecule has 0 spiro atoms. The second-order valence-corrected chi connectivity index (χ2v) is 7.48. The van der Waals surface area contributed by atoms with Crippen molar-refractivity contribution in [3.63, 3.8) is 0 Å². The van der Waals surface area contributed by atoms with Crippen molar-refractivity contribution < 1.29 is 9.53 Å². The largest absolute Gasteiger partial charge is 0.497 e. The Morgan fingerprint density at radius 3 is 2.92 bits per heavy atom. The minimum Gasteiger partial charge on any atom is -0.497 e. The van der Waals surface area contributed by atoms with Crippen molar-refractivity contribution in [2.45, 2.75) is 45.4 Å². The zero-order chi connectivity index (χ0) is 17.4. The monoisotopic (exact) mass is 323 g/mol. The molecule has 0 aromatic heterocycles. The van der Waals surface area contributed by atoms with Crippen LogP contribution in [0.4, 0.5) is 0 Å². The van der Waals surface area contributed by atoms with Crippen LogP contribution in [0.1, 0.15) is 54.9 Å². The van der Waals surface area contributed by atoms with Crippen LogP contribution < -0.4 is 4.74 Å². The fourth-order valence-electron chi connectivity index (χ4n) is 5.02. The fraction of sp³-hybridized carbons (Fsp3) is 0.524. The average Bonchev–Trinajstić information content (AvgIpc) is 2.71. The number of allylic oxidation sites excluding steroid dienone is 1. The highest BCUT2D eigenvalue weighted by Crippen LogP contribution is 2.57. The third-order valence-electron chi connectivity index (χ3n) is 6.23. The Morgan fingerprint density at radius 1 is 1.46 bits per heavy atom. The molecule has 2 aliphatic rings. The number of aryl methyl sites for hydroxylation is 1. The molecule has 0 saturated heterocycles. The first-order valence-electron chi connectivity index (χ1n) is 8.74. The van der Waals surface area contributed by atoms with Gasteiger partial charge in [0.2, 0.25) is 0 Å². The zero-order valence-corrected chi connectivity index (χ0v) is 14.6. The van der Waals surface area contributed by atoms with Crippen LogP contribution in [0.25, 0.3) is 0 Å². The van der Waals surface area contributed by atoms with E-state index in [-0.39, 0.29) is 11.7 Å². The molecule has 1 fully saturated rings. The van der Waals surface area contributed by atoms with Crippen molar-refractivity contribution in [1.29, 1.82) is 5.26 Å². The Morgan fingerprint density at radius 2 is 2.25 bits per heavy atom. The number of methoxy groups -OCH3 is 1. The van der Waals surface area contributed by atoms with E-state index in [2.05, 4.69) is 12.6 Å². The molecule has 0 radical (unpaired) electrons. The van der Waals surface area contributed by atoms with Crippen LogP contribution in [-0.4, -0.2) is 12.9 Å². The molecule has 1 aromatic rings. The maximum absolute atomic E-state index is 13.6. The van der Waals surface area contributed by atoms with Crippen LogP contribution >= 0.6 is 0 Å². The maximum Gasteiger partial charge on any atom is 0.169 e. The molecule has 3 heteroatoms. The summed E-state index contributed by atoms with van der Waals surface area (Å²) in [4.78, 5) is 13.6. The van der Waals surface area contributed by atoms with E-state index in [1.165, 1.54) is 0 Å². The second-order valence-electron chi connectivity index (χ2n) is 7.48. The lowest BCUT2D eigenvalue weighted by atomic mass is 9.52. The molecule has 3 unspecified atom stereocenters. The first-order chi connectivity index (χ1) is 11.5. The van der Waals surface area contributed by atoms with Gasteiger partial charge in [-0.2, -0.15) is 5.26 Å². The molecule has 0 heterocycles. The standard InChI is InChI=1S/C21H25NO2/c1-4-10-21-12-5-11-20(2,14-22)18(21)9-6-15-13-16(24-3)7-8-17(15)19(21)23/h4,7-8,13,18H,1,5-6,9-12H2,2-3H3. The van der Waals surface area contributed by atoms with Crippen molar-refractivity contribution in [3.8, 4) is 11.8 Å². The van der Waals surface area contributed by atoms with E-state index in [9.17, 15) is 10.1 Å². The minimum absolute atomic E-state index is 0.0765. The summed E-state index contributed by atoms with van der Waals surface area (Å²) in [7, 11) is 1.64. The van der Waals surface area contributed by atoms with Gasteiger partial charge in [0.15, 0.2) is 5.78 Å². The molecule has 0 N–H and O–H groups in total. The Hall–Kier alpha value is -2.08. The number of carbonyl (C=O) groups is 1. The summed E-state index contributed by atoms with van der Waals surface area (Å²) in [5.74, 6) is 1.06. The van der Waals surface area contributed by atoms with Gasteiger partial charge in [0.25, 0.3) is 0 Å². The van der Waals surface area contributed by atoms with E-state index in [0.717, 1.165) is 49.0 Å². The second kappa shape index (κ2) is 6.09. The highest BCUT2D eigenvalue weighted by molar-refractivity contribution is 6.02. The number of carbonyl (C=O) groups excluding carboxylic acids is 1. The van der Waals surface area contributed by atoms with Gasteiger partial charge in [-0.25, -0.2) is 0 Å². The van der Waals surface area contributed by atoms with Gasteiger partial charge in [-0.1, -0.05) is 12.5 Å². The predicted molar refractivity (Wildman–Crippen MR) is 94.0 cm³/mol. The Bertz CT molecular complexity index is 717. The predicted octanol–water partition coefficient (Wildman–Crippen LogP) is 4.72. The molecule has 3 atom stereocenters. The normalized spacial score (nSPS) is 32.0. The van der Waals surface area contributed by atoms with Crippen LogP contribution in [0.3, 0.4) is 0 Å². The van der Waals surface area contributed by atoms with Crippen molar-refractivity contribution >= 4 is 5.78 Å². The SMILES string of the molecule is C=CCC12CCCC(C)(C#N)C1CCc1cc(OC)ccc1C2=O. The topological polar surface area (TPSA) is 50.1 Å². The summed E-state index contributed by atoms with van der Waals surface area (Å²) in [6.07, 6.45) is 6.85. The summed E-state index contributed by atoms with van der Waals surface area (Å²) >= 11 is 0. The minimum atomic E-state index is -0.482. The van der Waals surface area contributed by atoms with Crippen molar-refractivity contribution in [2.24, 2.45) is 16.7 Å². The highest BCUT2D eigenvalue weighted by atomic mass is 16.5. The van der Waals surface area contributed by atoms with Gasteiger partial charge in [0, 0.05) is 11.0 Å². The van der Waals surface area contributed by atoms with Crippen molar-refractivity contribution in [1.82, 2.24) is 0 Å². The summed E-state index contributed by atoms with van der Waals surface area (Å²) in [6, 6.07) is 8.30. The molecule has 2 aliphatic carbocycles. The number of fused-ring (bicyclic) bond motifs is 2. The Balaban J connectivity index is 2.16. The van der Waals surface area contributed by atoms with Crippen molar-refractivity contribution in [2.75, 3.05) is 7.11 Å². The Labute approximate surface area is 144 Å². The van der Waals surface area contributed by atoms with E-state index < -0.39 is 10.8 Å². The molecule has 3 nitrogen and oxygen atoms in total. The van der Waals surface area contributed by atoms with E-state index in [4.69, 9.17) is 4.74 Å². The van der Waals surface area contributed by atoms with Crippen LogP contribution in [0.15, 0.2) is 30.9 Å². The van der Waals surface area contributed by atoms with Gasteiger partial charge < -0.3 is 4.74 Å². The van der Waals surface area contributed by atoms with Gasteiger partial charge in [0.05, 0.1) is 18.6 Å². The molecule has 3 rings (SSSR count). The molecular formula is C21H25NO2. The highest BCUT2D eigenvalue weighted by Gasteiger charge is 2.56. The van der Waals surface area contributed by atoms with Crippen LogP contribution in [-0.2, 0) is 6.42 Å². The molecule has 126 valence electrons. The third-order valence-corrected chi connectivity index (χ3v) is 6.23. The molecule has 0 bridgehead atoms. The number of ether oxygens (including phenoxy) is 1. The fourth-order valence-corrected chi connectivity index (χ4v) is 5.02. The average molecular weight is 323 g/mol. The van der Waals surface area contributed by atoms with Gasteiger partial charge in [-0.15, -0.1) is 6.58 Å². The lowest BCUT2D eigenvalue weighted by Crippen LogP contribution is -2.48. The maximum atomic E-state index is 13.6. The Kier molecular flexibility index (Phi) is 4.25.